The Labute approximate surface area is 75.8 Å². The molecule has 46 valence electrons. The summed E-state index contributed by atoms with van der Waals surface area (Å²) in [7, 11) is 0. The number of rotatable bonds is 0. The minimum Gasteiger partial charge on any atom is -1.00 e. The van der Waals surface area contributed by atoms with Crippen LogP contribution < -0.4 is 49.6 Å². The Kier molecular flexibility index (Phi) is 1300. The van der Waals surface area contributed by atoms with Crippen LogP contribution in [0.2, 0.25) is 0 Å². The van der Waals surface area contributed by atoms with Crippen LogP contribution in [0.3, 0.4) is 0 Å². The van der Waals surface area contributed by atoms with Crippen LogP contribution in [-0.2, 0) is 21.1 Å². The van der Waals surface area contributed by atoms with Crippen molar-refractivity contribution in [2.24, 2.45) is 0 Å². The van der Waals surface area contributed by atoms with E-state index in [1.807, 2.05) is 0 Å². The first kappa shape index (κ1) is 111. The van der Waals surface area contributed by atoms with Gasteiger partial charge in [-0.25, -0.2) is 0 Å². The van der Waals surface area contributed by atoms with Crippen molar-refractivity contribution in [2.75, 3.05) is 0 Å². The summed E-state index contributed by atoms with van der Waals surface area (Å²) in [6.07, 6.45) is 0. The molecule has 0 bridgehead atoms. The Bertz CT molecular complexity index is 7.51. The summed E-state index contributed by atoms with van der Waals surface area (Å²) in [6.45, 7) is 0. The molecular formula is HCl4OW-5. The van der Waals surface area contributed by atoms with E-state index < -0.39 is 0 Å². The van der Waals surface area contributed by atoms with Gasteiger partial charge < -0.3 is 55.1 Å². The standard InChI is InChI=1S/4ClH.H2O.W/h4*1H;1H2;/p-5. The molecule has 0 radical (unpaired) electrons. The molecule has 0 spiro atoms. The molecule has 0 aromatic heterocycles. The monoisotopic (exact) mass is 341 g/mol. The zero-order valence-electron chi connectivity index (χ0n) is 2.37. The first-order valence-electron chi connectivity index (χ1n) is 0. The van der Waals surface area contributed by atoms with Crippen molar-refractivity contribution in [1.82, 2.24) is 0 Å². The molecule has 1 nitrogen and oxygen atoms in total. The van der Waals surface area contributed by atoms with Gasteiger partial charge in [-0.2, -0.15) is 0 Å². The molecule has 0 atom stereocenters. The van der Waals surface area contributed by atoms with Crippen LogP contribution in [0.5, 0.6) is 0 Å². The molecule has 0 aliphatic carbocycles. The van der Waals surface area contributed by atoms with Gasteiger partial charge in [0.15, 0.2) is 0 Å². The van der Waals surface area contributed by atoms with Crippen molar-refractivity contribution in [3.8, 4) is 0 Å². The molecule has 0 unspecified atom stereocenters. The van der Waals surface area contributed by atoms with Gasteiger partial charge in [-0.05, 0) is 0 Å². The first-order valence-corrected chi connectivity index (χ1v) is 0. The molecule has 0 aromatic rings. The van der Waals surface area contributed by atoms with Gasteiger partial charge in [0.05, 0.1) is 0 Å². The Morgan fingerprint density at radius 2 is 0.500 bits per heavy atom. The zero-order chi connectivity index (χ0) is 0. The van der Waals surface area contributed by atoms with E-state index in [-0.39, 0.29) is 76.2 Å². The molecule has 6 heteroatoms. The van der Waals surface area contributed by atoms with E-state index in [4.69, 9.17) is 0 Å². The van der Waals surface area contributed by atoms with E-state index in [1.165, 1.54) is 0 Å². The molecule has 0 heterocycles. The maximum atomic E-state index is 0. The smallest absolute Gasteiger partial charge is 0 e. The first-order chi connectivity index (χ1) is 0. The van der Waals surface area contributed by atoms with Crippen molar-refractivity contribution >= 4 is 0 Å². The molecule has 6 heavy (non-hydrogen) atoms. The second-order valence-electron chi connectivity index (χ2n) is 0. The summed E-state index contributed by atoms with van der Waals surface area (Å²) in [5.74, 6) is 0. The van der Waals surface area contributed by atoms with Crippen molar-refractivity contribution in [1.29, 1.82) is 0 Å². The van der Waals surface area contributed by atoms with E-state index in [0.29, 0.717) is 0 Å². The van der Waals surface area contributed by atoms with E-state index in [2.05, 4.69) is 0 Å². The molecule has 0 fully saturated rings. The van der Waals surface area contributed by atoms with Crippen LogP contribution in [0, 0.1) is 0 Å². The largest absolute Gasteiger partial charge is 1.00 e. The van der Waals surface area contributed by atoms with Crippen LogP contribution >= 0.6 is 0 Å². The molecule has 0 rings (SSSR count). The molecule has 1 N–H and O–H groups in total. The van der Waals surface area contributed by atoms with Gasteiger partial charge in [-0.3, -0.25) is 0 Å². The van der Waals surface area contributed by atoms with Crippen LogP contribution in [0.1, 0.15) is 0 Å². The molecular weight excluding hydrogens is 342 g/mol. The van der Waals surface area contributed by atoms with Crippen molar-refractivity contribution in [3.63, 3.8) is 0 Å². The summed E-state index contributed by atoms with van der Waals surface area (Å²) >= 11 is 0. The molecule has 0 aliphatic rings. The summed E-state index contributed by atoms with van der Waals surface area (Å²) in [5.41, 5.74) is 0. The van der Waals surface area contributed by atoms with E-state index in [0.717, 1.165) is 0 Å². The average Bonchev–Trinajstić information content (AvgIpc) is 0. The molecule has 0 amide bonds. The Hall–Kier alpha value is 1.81. The van der Waals surface area contributed by atoms with E-state index >= 15 is 0 Å². The summed E-state index contributed by atoms with van der Waals surface area (Å²) in [4.78, 5) is 0. The number of halogens is 4. The molecule has 0 aromatic carbocycles. The molecule has 0 saturated carbocycles. The SMILES string of the molecule is [Cl-].[Cl-].[Cl-].[Cl-].[OH-].[W]. The van der Waals surface area contributed by atoms with Crippen LogP contribution in [0.15, 0.2) is 0 Å². The topological polar surface area (TPSA) is 30.0 Å². The fourth-order valence-electron chi connectivity index (χ4n) is 0. The Morgan fingerprint density at radius 3 is 0.500 bits per heavy atom. The fraction of sp³-hybridized carbons (Fsp3) is 0. The van der Waals surface area contributed by atoms with Crippen molar-refractivity contribution in [2.45, 2.75) is 0 Å². The van der Waals surface area contributed by atoms with Crippen LogP contribution in [0.4, 0.5) is 0 Å². The Morgan fingerprint density at radius 1 is 0.500 bits per heavy atom. The van der Waals surface area contributed by atoms with Gasteiger partial charge in [0.1, 0.15) is 0 Å². The van der Waals surface area contributed by atoms with Gasteiger partial charge in [0, 0.05) is 21.1 Å². The maximum absolute atomic E-state index is 0. The van der Waals surface area contributed by atoms with Crippen molar-refractivity contribution in [3.05, 3.63) is 0 Å². The third kappa shape index (κ3) is 41.1. The van der Waals surface area contributed by atoms with E-state index in [9.17, 15) is 0 Å². The second-order valence-corrected chi connectivity index (χ2v) is 0. The van der Waals surface area contributed by atoms with Gasteiger partial charge in [-0.1, -0.05) is 0 Å². The predicted molar refractivity (Wildman–Crippen MR) is 1.94 cm³/mol. The third-order valence-corrected chi connectivity index (χ3v) is 0. The maximum Gasteiger partial charge on any atom is 0 e. The summed E-state index contributed by atoms with van der Waals surface area (Å²) in [5, 5.41) is 0. The second kappa shape index (κ2) is 70.2. The minimum atomic E-state index is 0. The van der Waals surface area contributed by atoms with Gasteiger partial charge in [0.25, 0.3) is 0 Å². The third-order valence-electron chi connectivity index (χ3n) is 0. The zero-order valence-corrected chi connectivity index (χ0v) is 8.32. The molecule has 0 aliphatic heterocycles. The number of hydrogen-bond donors (Lipinski definition) is 0. The summed E-state index contributed by atoms with van der Waals surface area (Å²) in [6, 6.07) is 0. The molecule has 0 saturated heterocycles. The summed E-state index contributed by atoms with van der Waals surface area (Å²) < 4.78 is 0. The average molecular weight is 343 g/mol. The van der Waals surface area contributed by atoms with E-state index in [1.54, 1.807) is 0 Å². The van der Waals surface area contributed by atoms with Crippen molar-refractivity contribution < 1.29 is 76.2 Å². The Balaban J connectivity index is 0. The van der Waals surface area contributed by atoms with Gasteiger partial charge in [-0.15, -0.1) is 0 Å². The minimum absolute atomic E-state index is 0. The predicted octanol–water partition coefficient (Wildman–Crippen LogP) is -12.2. The van der Waals surface area contributed by atoms with Crippen LogP contribution in [-0.4, -0.2) is 5.48 Å². The fourth-order valence-corrected chi connectivity index (χ4v) is 0. The number of hydrogen-bond acceptors (Lipinski definition) is 1. The van der Waals surface area contributed by atoms with Gasteiger partial charge in [0.2, 0.25) is 0 Å². The normalized spacial score (nSPS) is 0. The van der Waals surface area contributed by atoms with Crippen LogP contribution in [0.25, 0.3) is 0 Å². The quantitative estimate of drug-likeness (QED) is 0.430. The van der Waals surface area contributed by atoms with Gasteiger partial charge >= 0.3 is 0 Å².